The van der Waals surface area contributed by atoms with Crippen molar-refractivity contribution in [1.82, 2.24) is 4.90 Å². The molecule has 0 unspecified atom stereocenters. The Morgan fingerprint density at radius 3 is 2.45 bits per heavy atom. The molecule has 0 aliphatic carbocycles. The fraction of sp³-hybridized carbons (Fsp3) is 0.500. The Hall–Kier alpha value is -1.46. The third-order valence-electron chi connectivity index (χ3n) is 3.08. The first kappa shape index (κ1) is 16.6. The lowest BCUT2D eigenvalue weighted by Gasteiger charge is -2.27. The van der Waals surface area contributed by atoms with E-state index in [0.29, 0.717) is 22.0 Å². The summed E-state index contributed by atoms with van der Waals surface area (Å²) in [6.07, 6.45) is 0.972. The summed E-state index contributed by atoms with van der Waals surface area (Å²) in [5.74, 6) is -0.514. The molecule has 0 spiro atoms. The summed E-state index contributed by atoms with van der Waals surface area (Å²) in [7, 11) is 4.06. The first-order valence-electron chi connectivity index (χ1n) is 6.65. The summed E-state index contributed by atoms with van der Waals surface area (Å²) in [5, 5.41) is 0.463. The Bertz CT molecular complexity index is 476. The molecule has 0 saturated carbocycles. The number of nitrogen functional groups attached to an aromatic ring is 1. The number of primary amides is 1. The minimum absolute atomic E-state index is 0.377. The van der Waals surface area contributed by atoms with Crippen molar-refractivity contribution < 1.29 is 4.79 Å². The highest BCUT2D eigenvalue weighted by atomic mass is 35.5. The van der Waals surface area contributed by atoms with E-state index in [1.165, 1.54) is 0 Å². The van der Waals surface area contributed by atoms with Gasteiger partial charge in [0.15, 0.2) is 0 Å². The van der Waals surface area contributed by atoms with Crippen LogP contribution < -0.4 is 16.4 Å². The first-order valence-corrected chi connectivity index (χ1v) is 7.03. The summed E-state index contributed by atoms with van der Waals surface area (Å²) >= 11 is 6.25. The van der Waals surface area contributed by atoms with Gasteiger partial charge >= 0.3 is 0 Å². The summed E-state index contributed by atoms with van der Waals surface area (Å²) < 4.78 is 0. The van der Waals surface area contributed by atoms with Crippen LogP contribution in [0.1, 0.15) is 23.7 Å². The lowest BCUT2D eigenvalue weighted by atomic mass is 10.1. The van der Waals surface area contributed by atoms with Crippen LogP contribution in [0.2, 0.25) is 5.02 Å². The van der Waals surface area contributed by atoms with Crippen LogP contribution in [0.25, 0.3) is 0 Å². The van der Waals surface area contributed by atoms with Crippen LogP contribution in [0.3, 0.4) is 0 Å². The number of hydrogen-bond donors (Lipinski definition) is 2. The average molecular weight is 299 g/mol. The molecule has 112 valence electrons. The van der Waals surface area contributed by atoms with E-state index in [1.807, 2.05) is 21.0 Å². The van der Waals surface area contributed by atoms with Crippen molar-refractivity contribution in [2.45, 2.75) is 13.3 Å². The van der Waals surface area contributed by atoms with Crippen molar-refractivity contribution >= 4 is 28.9 Å². The molecule has 0 heterocycles. The lowest BCUT2D eigenvalue weighted by Crippen LogP contribution is -2.29. The van der Waals surface area contributed by atoms with E-state index in [4.69, 9.17) is 23.1 Å². The van der Waals surface area contributed by atoms with Gasteiger partial charge < -0.3 is 21.3 Å². The number of rotatable bonds is 7. The fourth-order valence-electron chi connectivity index (χ4n) is 2.14. The van der Waals surface area contributed by atoms with E-state index >= 15 is 0 Å². The molecule has 1 rings (SSSR count). The third-order valence-corrected chi connectivity index (χ3v) is 3.37. The smallest absolute Gasteiger partial charge is 0.250 e. The van der Waals surface area contributed by atoms with Gasteiger partial charge in [-0.1, -0.05) is 11.6 Å². The Balaban J connectivity index is 3.04. The van der Waals surface area contributed by atoms with Crippen molar-refractivity contribution in [3.05, 3.63) is 22.7 Å². The number of nitrogens with two attached hydrogens (primary N) is 2. The topological polar surface area (TPSA) is 75.6 Å². The molecule has 0 aliphatic rings. The molecule has 1 aromatic rings. The van der Waals surface area contributed by atoms with Gasteiger partial charge in [-0.25, -0.2) is 0 Å². The van der Waals surface area contributed by atoms with Gasteiger partial charge in [0.2, 0.25) is 0 Å². The Morgan fingerprint density at radius 2 is 1.95 bits per heavy atom. The highest BCUT2D eigenvalue weighted by Crippen LogP contribution is 2.32. The van der Waals surface area contributed by atoms with Gasteiger partial charge in [-0.05, 0) is 46.1 Å². The van der Waals surface area contributed by atoms with Crippen molar-refractivity contribution in [1.29, 1.82) is 0 Å². The van der Waals surface area contributed by atoms with E-state index in [9.17, 15) is 4.79 Å². The molecule has 6 heteroatoms. The molecular formula is C14H23ClN4O. The Kier molecular flexibility index (Phi) is 6.10. The number of carbonyl (C=O) groups is 1. The highest BCUT2D eigenvalue weighted by Gasteiger charge is 2.18. The van der Waals surface area contributed by atoms with Crippen molar-refractivity contribution in [3.63, 3.8) is 0 Å². The minimum Gasteiger partial charge on any atom is -0.399 e. The van der Waals surface area contributed by atoms with E-state index in [0.717, 1.165) is 26.1 Å². The quantitative estimate of drug-likeness (QED) is 0.753. The second-order valence-corrected chi connectivity index (χ2v) is 5.41. The molecule has 5 nitrogen and oxygen atoms in total. The first-order chi connectivity index (χ1) is 9.36. The maximum Gasteiger partial charge on any atom is 0.250 e. The molecule has 1 amide bonds. The van der Waals surface area contributed by atoms with Gasteiger partial charge in [-0.3, -0.25) is 4.79 Å². The highest BCUT2D eigenvalue weighted by molar-refractivity contribution is 6.34. The summed E-state index contributed by atoms with van der Waals surface area (Å²) in [6, 6.07) is 3.23. The van der Waals surface area contributed by atoms with Gasteiger partial charge in [-0.15, -0.1) is 0 Å². The summed E-state index contributed by atoms with van der Waals surface area (Å²) in [6.45, 7) is 4.54. The molecule has 0 aliphatic heterocycles. The lowest BCUT2D eigenvalue weighted by molar-refractivity contribution is 0.100. The zero-order chi connectivity index (χ0) is 15.3. The largest absolute Gasteiger partial charge is 0.399 e. The molecule has 0 bridgehead atoms. The van der Waals surface area contributed by atoms with E-state index < -0.39 is 5.91 Å². The SMILES string of the molecule is CCN(CCCN(C)C)c1c(Cl)cc(N)cc1C(N)=O. The van der Waals surface area contributed by atoms with E-state index in [1.54, 1.807) is 12.1 Å². The molecule has 0 aromatic heterocycles. The number of benzene rings is 1. The van der Waals surface area contributed by atoms with Crippen LogP contribution in [-0.4, -0.2) is 44.5 Å². The monoisotopic (exact) mass is 298 g/mol. The summed E-state index contributed by atoms with van der Waals surface area (Å²) in [4.78, 5) is 15.8. The van der Waals surface area contributed by atoms with Crippen molar-refractivity contribution in [3.8, 4) is 0 Å². The Labute approximate surface area is 125 Å². The Morgan fingerprint density at radius 1 is 1.30 bits per heavy atom. The van der Waals surface area contributed by atoms with Gasteiger partial charge in [0.25, 0.3) is 5.91 Å². The number of hydrogen-bond acceptors (Lipinski definition) is 4. The van der Waals surface area contributed by atoms with Gasteiger partial charge in [-0.2, -0.15) is 0 Å². The molecular weight excluding hydrogens is 276 g/mol. The van der Waals surface area contributed by atoms with Gasteiger partial charge in [0.05, 0.1) is 16.3 Å². The van der Waals surface area contributed by atoms with Crippen LogP contribution >= 0.6 is 11.6 Å². The molecule has 1 aromatic carbocycles. The molecule has 20 heavy (non-hydrogen) atoms. The second-order valence-electron chi connectivity index (χ2n) is 5.00. The van der Waals surface area contributed by atoms with Crippen LogP contribution in [0.4, 0.5) is 11.4 Å². The van der Waals surface area contributed by atoms with Gasteiger partial charge in [0.1, 0.15) is 0 Å². The number of halogens is 1. The standard InChI is InChI=1S/C14H23ClN4O/c1-4-19(7-5-6-18(2)3)13-11(14(17)20)8-10(16)9-12(13)15/h8-9H,4-7,16H2,1-3H3,(H2,17,20). The third kappa shape index (κ3) is 4.28. The van der Waals surface area contributed by atoms with Crippen LogP contribution in [-0.2, 0) is 0 Å². The minimum atomic E-state index is -0.514. The maximum atomic E-state index is 11.6. The zero-order valence-corrected chi connectivity index (χ0v) is 13.1. The van der Waals surface area contributed by atoms with Crippen LogP contribution in [0, 0.1) is 0 Å². The van der Waals surface area contributed by atoms with E-state index in [-0.39, 0.29) is 0 Å². The zero-order valence-electron chi connectivity index (χ0n) is 12.3. The van der Waals surface area contributed by atoms with E-state index in [2.05, 4.69) is 9.80 Å². The average Bonchev–Trinajstić information content (AvgIpc) is 2.34. The molecule has 0 radical (unpaired) electrons. The summed E-state index contributed by atoms with van der Waals surface area (Å²) in [5.41, 5.74) is 12.7. The maximum absolute atomic E-state index is 11.6. The number of anilines is 2. The molecule has 0 atom stereocenters. The second kappa shape index (κ2) is 7.36. The van der Waals surface area contributed by atoms with Crippen LogP contribution in [0.5, 0.6) is 0 Å². The number of carbonyl (C=O) groups excluding carboxylic acids is 1. The van der Waals surface area contributed by atoms with Gasteiger partial charge in [0, 0.05) is 18.8 Å². The number of amides is 1. The predicted octanol–water partition coefficient (Wildman–Crippen LogP) is 1.80. The fourth-order valence-corrected chi connectivity index (χ4v) is 2.48. The van der Waals surface area contributed by atoms with Crippen molar-refractivity contribution in [2.75, 3.05) is 44.4 Å². The molecule has 4 N–H and O–H groups in total. The normalized spacial score (nSPS) is 10.8. The predicted molar refractivity (Wildman–Crippen MR) is 85.4 cm³/mol. The van der Waals surface area contributed by atoms with Crippen molar-refractivity contribution in [2.24, 2.45) is 5.73 Å². The molecule has 0 fully saturated rings. The van der Waals surface area contributed by atoms with Crippen LogP contribution in [0.15, 0.2) is 12.1 Å². The molecule has 0 saturated heterocycles. The number of nitrogens with zero attached hydrogens (tertiary/aromatic N) is 2.